The van der Waals surface area contributed by atoms with Crippen LogP contribution in [0.15, 0.2) is 30.5 Å². The van der Waals surface area contributed by atoms with E-state index in [2.05, 4.69) is 0 Å². The molecule has 78 valence electrons. The maximum absolute atomic E-state index is 10.6. The standard InChI is InChI=1S/C11H11NO3/c1-12-5-4-7-2-3-8(6-9(7)12)10(13)11(14)15/h2-6,10,13H,1H3,(H,14,15). The van der Waals surface area contributed by atoms with E-state index in [0.29, 0.717) is 5.56 Å². The van der Waals surface area contributed by atoms with Crippen LogP contribution in [-0.2, 0) is 11.8 Å². The van der Waals surface area contributed by atoms with Crippen molar-refractivity contribution in [3.63, 3.8) is 0 Å². The van der Waals surface area contributed by atoms with E-state index in [-0.39, 0.29) is 0 Å². The largest absolute Gasteiger partial charge is 0.479 e. The van der Waals surface area contributed by atoms with E-state index in [4.69, 9.17) is 5.11 Å². The Labute approximate surface area is 86.4 Å². The van der Waals surface area contributed by atoms with E-state index >= 15 is 0 Å². The van der Waals surface area contributed by atoms with Gasteiger partial charge >= 0.3 is 5.97 Å². The summed E-state index contributed by atoms with van der Waals surface area (Å²) < 4.78 is 1.88. The van der Waals surface area contributed by atoms with Crippen LogP contribution in [0.3, 0.4) is 0 Å². The summed E-state index contributed by atoms with van der Waals surface area (Å²) in [5.74, 6) is -1.23. The molecule has 15 heavy (non-hydrogen) atoms. The van der Waals surface area contributed by atoms with Crippen LogP contribution in [0.2, 0.25) is 0 Å². The molecule has 0 bridgehead atoms. The van der Waals surface area contributed by atoms with Gasteiger partial charge in [0.15, 0.2) is 6.10 Å². The van der Waals surface area contributed by atoms with Crippen molar-refractivity contribution < 1.29 is 15.0 Å². The summed E-state index contributed by atoms with van der Waals surface area (Å²) >= 11 is 0. The Hall–Kier alpha value is -1.81. The van der Waals surface area contributed by atoms with Crippen LogP contribution in [0.4, 0.5) is 0 Å². The minimum absolute atomic E-state index is 0.400. The Morgan fingerprint density at radius 3 is 2.80 bits per heavy atom. The van der Waals surface area contributed by atoms with Crippen molar-refractivity contribution in [2.45, 2.75) is 6.10 Å². The number of rotatable bonds is 2. The van der Waals surface area contributed by atoms with E-state index in [9.17, 15) is 9.90 Å². The minimum Gasteiger partial charge on any atom is -0.479 e. The summed E-state index contributed by atoms with van der Waals surface area (Å²) in [7, 11) is 1.87. The lowest BCUT2D eigenvalue weighted by Crippen LogP contribution is -2.10. The molecule has 1 atom stereocenters. The molecular weight excluding hydrogens is 194 g/mol. The van der Waals surface area contributed by atoms with Gasteiger partial charge in [-0.1, -0.05) is 12.1 Å². The molecule has 0 aliphatic carbocycles. The summed E-state index contributed by atoms with van der Waals surface area (Å²) in [6, 6.07) is 7.05. The molecule has 0 aliphatic heterocycles. The summed E-state index contributed by atoms with van der Waals surface area (Å²) in [4.78, 5) is 10.6. The molecule has 0 amide bonds. The lowest BCUT2D eigenvalue weighted by Gasteiger charge is -2.06. The van der Waals surface area contributed by atoms with Crippen molar-refractivity contribution in [2.75, 3.05) is 0 Å². The van der Waals surface area contributed by atoms with E-state index < -0.39 is 12.1 Å². The Bertz CT molecular complexity index is 516. The van der Waals surface area contributed by atoms with Crippen LogP contribution < -0.4 is 0 Å². The number of aryl methyl sites for hydroxylation is 1. The van der Waals surface area contributed by atoms with Gasteiger partial charge in [0.1, 0.15) is 0 Å². The Kier molecular flexibility index (Phi) is 2.21. The normalized spacial score (nSPS) is 12.9. The first-order chi connectivity index (χ1) is 7.09. The summed E-state index contributed by atoms with van der Waals surface area (Å²) in [5.41, 5.74) is 1.31. The number of hydrogen-bond acceptors (Lipinski definition) is 2. The van der Waals surface area contributed by atoms with Gasteiger partial charge in [-0.15, -0.1) is 0 Å². The molecule has 0 radical (unpaired) electrons. The first-order valence-electron chi connectivity index (χ1n) is 4.55. The second-order valence-corrected chi connectivity index (χ2v) is 3.49. The van der Waals surface area contributed by atoms with Crippen molar-refractivity contribution in [1.29, 1.82) is 0 Å². The fourth-order valence-electron chi connectivity index (χ4n) is 1.59. The fourth-order valence-corrected chi connectivity index (χ4v) is 1.59. The SMILES string of the molecule is Cn1ccc2ccc(C(O)C(=O)O)cc21. The lowest BCUT2D eigenvalue weighted by molar-refractivity contribution is -0.146. The second kappa shape index (κ2) is 3.40. The first kappa shape index (κ1) is 9.73. The van der Waals surface area contributed by atoms with Gasteiger partial charge in [-0.2, -0.15) is 0 Å². The van der Waals surface area contributed by atoms with Crippen molar-refractivity contribution >= 4 is 16.9 Å². The number of aliphatic carboxylic acids is 1. The average Bonchev–Trinajstić information content (AvgIpc) is 2.59. The summed E-state index contributed by atoms with van der Waals surface area (Å²) in [6.07, 6.45) is 0.436. The Morgan fingerprint density at radius 2 is 2.13 bits per heavy atom. The number of hydrogen-bond donors (Lipinski definition) is 2. The molecule has 0 spiro atoms. The number of nitrogens with zero attached hydrogens (tertiary/aromatic N) is 1. The predicted octanol–water partition coefficient (Wildman–Crippen LogP) is 1.30. The monoisotopic (exact) mass is 205 g/mol. The van der Waals surface area contributed by atoms with Gasteiger partial charge in [0.05, 0.1) is 0 Å². The zero-order valence-corrected chi connectivity index (χ0v) is 8.21. The van der Waals surface area contributed by atoms with Gasteiger partial charge < -0.3 is 14.8 Å². The number of carbonyl (C=O) groups is 1. The highest BCUT2D eigenvalue weighted by Crippen LogP contribution is 2.21. The molecule has 2 N–H and O–H groups in total. The van der Waals surface area contributed by atoms with Crippen LogP contribution in [0, 0.1) is 0 Å². The van der Waals surface area contributed by atoms with Gasteiger partial charge in [-0.05, 0) is 23.1 Å². The van der Waals surface area contributed by atoms with Crippen molar-refractivity contribution in [1.82, 2.24) is 4.57 Å². The molecule has 0 saturated heterocycles. The number of aromatic nitrogens is 1. The molecule has 1 aromatic carbocycles. The third-order valence-corrected chi connectivity index (χ3v) is 2.46. The molecule has 2 rings (SSSR count). The van der Waals surface area contributed by atoms with E-state index in [1.165, 1.54) is 0 Å². The van der Waals surface area contributed by atoms with Crippen LogP contribution in [-0.4, -0.2) is 20.7 Å². The minimum atomic E-state index is -1.45. The van der Waals surface area contributed by atoms with Crippen molar-refractivity contribution in [3.8, 4) is 0 Å². The van der Waals surface area contributed by atoms with Gasteiger partial charge in [0, 0.05) is 18.8 Å². The average molecular weight is 205 g/mol. The second-order valence-electron chi connectivity index (χ2n) is 3.49. The number of aliphatic hydroxyl groups excluding tert-OH is 1. The van der Waals surface area contributed by atoms with E-state index in [0.717, 1.165) is 10.9 Å². The number of fused-ring (bicyclic) bond motifs is 1. The molecule has 4 heteroatoms. The molecule has 0 saturated carbocycles. The molecule has 4 nitrogen and oxygen atoms in total. The molecule has 2 aromatic rings. The molecule has 1 aromatic heterocycles. The van der Waals surface area contributed by atoms with Gasteiger partial charge in [0.2, 0.25) is 0 Å². The number of aliphatic hydroxyl groups is 1. The predicted molar refractivity (Wildman–Crippen MR) is 55.5 cm³/mol. The van der Waals surface area contributed by atoms with Crippen molar-refractivity contribution in [3.05, 3.63) is 36.0 Å². The molecule has 0 aliphatic rings. The van der Waals surface area contributed by atoms with Gasteiger partial charge in [-0.3, -0.25) is 0 Å². The summed E-state index contributed by atoms with van der Waals surface area (Å²) in [6.45, 7) is 0. The third-order valence-electron chi connectivity index (χ3n) is 2.46. The maximum atomic E-state index is 10.6. The van der Waals surface area contributed by atoms with Crippen LogP contribution in [0.5, 0.6) is 0 Å². The maximum Gasteiger partial charge on any atom is 0.337 e. The topological polar surface area (TPSA) is 62.5 Å². The lowest BCUT2D eigenvalue weighted by atomic mass is 10.1. The zero-order valence-electron chi connectivity index (χ0n) is 8.21. The van der Waals surface area contributed by atoms with Gasteiger partial charge in [0.25, 0.3) is 0 Å². The first-order valence-corrected chi connectivity index (χ1v) is 4.55. The number of carboxylic acid groups (broad SMARTS) is 1. The number of carboxylic acids is 1. The quantitative estimate of drug-likeness (QED) is 0.776. The Morgan fingerprint density at radius 1 is 1.40 bits per heavy atom. The molecular formula is C11H11NO3. The number of benzene rings is 1. The molecule has 0 fully saturated rings. The van der Waals surface area contributed by atoms with Crippen LogP contribution in [0.25, 0.3) is 10.9 Å². The van der Waals surface area contributed by atoms with Crippen LogP contribution >= 0.6 is 0 Å². The smallest absolute Gasteiger partial charge is 0.337 e. The molecule has 1 unspecified atom stereocenters. The fraction of sp³-hybridized carbons (Fsp3) is 0.182. The Balaban J connectivity index is 2.54. The van der Waals surface area contributed by atoms with Crippen molar-refractivity contribution in [2.24, 2.45) is 7.05 Å². The zero-order chi connectivity index (χ0) is 11.0. The van der Waals surface area contributed by atoms with E-state index in [1.807, 2.05) is 23.9 Å². The van der Waals surface area contributed by atoms with Crippen LogP contribution in [0.1, 0.15) is 11.7 Å². The summed E-state index contributed by atoms with van der Waals surface area (Å²) in [5, 5.41) is 19.1. The highest BCUT2D eigenvalue weighted by Gasteiger charge is 2.16. The highest BCUT2D eigenvalue weighted by atomic mass is 16.4. The van der Waals surface area contributed by atoms with E-state index in [1.54, 1.807) is 18.2 Å². The third kappa shape index (κ3) is 1.59. The van der Waals surface area contributed by atoms with Gasteiger partial charge in [-0.25, -0.2) is 4.79 Å². The molecule has 1 heterocycles. The highest BCUT2D eigenvalue weighted by molar-refractivity contribution is 5.83.